The maximum Gasteiger partial charge on any atom is 0.337 e. The Morgan fingerprint density at radius 1 is 1.35 bits per heavy atom. The first-order chi connectivity index (χ1) is 7.82. The Kier molecular flexibility index (Phi) is 5.08. The van der Waals surface area contributed by atoms with Crippen LogP contribution in [0.1, 0.15) is 28.9 Å². The summed E-state index contributed by atoms with van der Waals surface area (Å²) in [6.45, 7) is 1.69. The van der Waals surface area contributed by atoms with Crippen LogP contribution in [-0.2, 0) is 4.79 Å². The van der Waals surface area contributed by atoms with Gasteiger partial charge in [-0.1, -0.05) is 15.9 Å². The quantitative estimate of drug-likeness (QED) is 0.452. The van der Waals surface area contributed by atoms with E-state index >= 15 is 0 Å². The van der Waals surface area contributed by atoms with Crippen molar-refractivity contribution in [2.24, 2.45) is 0 Å². The van der Waals surface area contributed by atoms with E-state index < -0.39 is 12.1 Å². The van der Waals surface area contributed by atoms with Crippen LogP contribution in [0, 0.1) is 3.57 Å². The van der Waals surface area contributed by atoms with Gasteiger partial charge in [0.1, 0.15) is 0 Å². The van der Waals surface area contributed by atoms with Crippen molar-refractivity contribution in [3.8, 4) is 0 Å². The van der Waals surface area contributed by atoms with E-state index in [0.29, 0.717) is 9.13 Å². The van der Waals surface area contributed by atoms with E-state index in [-0.39, 0.29) is 16.2 Å². The van der Waals surface area contributed by atoms with Crippen molar-refractivity contribution in [3.05, 3.63) is 32.9 Å². The molecule has 0 aliphatic heterocycles. The molecule has 0 radical (unpaired) electrons. The molecule has 92 valence electrons. The summed E-state index contributed by atoms with van der Waals surface area (Å²) < 4.78 is 0.705. The van der Waals surface area contributed by atoms with Crippen molar-refractivity contribution >= 4 is 50.3 Å². The lowest BCUT2D eigenvalue weighted by Gasteiger charge is -2.10. The van der Waals surface area contributed by atoms with Crippen LogP contribution in [0.4, 0.5) is 0 Å². The summed E-state index contributed by atoms with van der Waals surface area (Å²) in [5, 5.41) is 18.2. The van der Waals surface area contributed by atoms with Gasteiger partial charge < -0.3 is 10.2 Å². The Morgan fingerprint density at radius 2 is 1.94 bits per heavy atom. The molecule has 2 atom stereocenters. The molecular weight excluding hydrogens is 403 g/mol. The van der Waals surface area contributed by atoms with Crippen LogP contribution in [0.15, 0.2) is 18.2 Å². The van der Waals surface area contributed by atoms with Gasteiger partial charge in [0.15, 0.2) is 11.9 Å². The van der Waals surface area contributed by atoms with Crippen molar-refractivity contribution in [2.45, 2.75) is 17.9 Å². The molecule has 0 aliphatic carbocycles. The number of alkyl halides is 1. The van der Waals surface area contributed by atoms with Crippen molar-refractivity contribution < 1.29 is 19.8 Å². The molecule has 0 aliphatic rings. The molecule has 1 aromatic rings. The molecule has 0 saturated carbocycles. The van der Waals surface area contributed by atoms with Gasteiger partial charge in [0.25, 0.3) is 0 Å². The Labute approximate surface area is 120 Å². The molecule has 17 heavy (non-hydrogen) atoms. The minimum Gasteiger partial charge on any atom is -0.479 e. The van der Waals surface area contributed by atoms with Crippen LogP contribution in [0.25, 0.3) is 0 Å². The van der Waals surface area contributed by atoms with Crippen LogP contribution in [0.5, 0.6) is 0 Å². The van der Waals surface area contributed by atoms with Crippen LogP contribution >= 0.6 is 38.5 Å². The zero-order chi connectivity index (χ0) is 13.2. The van der Waals surface area contributed by atoms with E-state index in [1.54, 1.807) is 13.0 Å². The van der Waals surface area contributed by atoms with Gasteiger partial charge in [0.05, 0.1) is 4.83 Å². The molecule has 0 amide bonds. The number of aliphatic hydroxyl groups is 1. The number of carbonyl (C=O) groups is 2. The lowest BCUT2D eigenvalue weighted by atomic mass is 10.0. The SMILES string of the molecule is CC(Br)C(=O)c1cc(I)cc(C(O)C(=O)O)c1. The minimum atomic E-state index is -1.61. The fourth-order valence-electron chi connectivity index (χ4n) is 1.28. The smallest absolute Gasteiger partial charge is 0.337 e. The summed E-state index contributed by atoms with van der Waals surface area (Å²) in [4.78, 5) is 22.1. The van der Waals surface area contributed by atoms with Gasteiger partial charge in [-0.3, -0.25) is 4.79 Å². The number of carboxylic acid groups (broad SMARTS) is 1. The summed E-state index contributed by atoms with van der Waals surface area (Å²) in [6.07, 6.45) is -1.61. The lowest BCUT2D eigenvalue weighted by Crippen LogP contribution is -2.14. The molecule has 6 heteroatoms. The van der Waals surface area contributed by atoms with Crippen LogP contribution < -0.4 is 0 Å². The fourth-order valence-corrected chi connectivity index (χ4v) is 2.24. The number of aliphatic hydroxyl groups excluding tert-OH is 1. The van der Waals surface area contributed by atoms with E-state index in [9.17, 15) is 14.7 Å². The van der Waals surface area contributed by atoms with Gasteiger partial charge in [-0.05, 0) is 53.3 Å². The number of carbonyl (C=O) groups excluding carboxylic acids is 1. The molecule has 0 fully saturated rings. The zero-order valence-corrected chi connectivity index (χ0v) is 12.6. The molecule has 0 saturated heterocycles. The molecule has 0 aromatic heterocycles. The van der Waals surface area contributed by atoms with Crippen molar-refractivity contribution in [1.82, 2.24) is 0 Å². The van der Waals surface area contributed by atoms with Crippen molar-refractivity contribution in [3.63, 3.8) is 0 Å². The van der Waals surface area contributed by atoms with E-state index in [4.69, 9.17) is 5.11 Å². The number of aliphatic carboxylic acids is 1. The number of benzene rings is 1. The first-order valence-electron chi connectivity index (χ1n) is 4.72. The maximum atomic E-state index is 11.8. The maximum absolute atomic E-state index is 11.8. The van der Waals surface area contributed by atoms with Gasteiger partial charge in [-0.25, -0.2) is 4.79 Å². The molecule has 4 nitrogen and oxygen atoms in total. The Hall–Kier alpha value is -0.470. The summed E-state index contributed by atoms with van der Waals surface area (Å²) in [5.74, 6) is -1.49. The predicted octanol–water partition coefficient (Wildman–Crippen LogP) is 2.38. The van der Waals surface area contributed by atoms with Gasteiger partial charge in [-0.15, -0.1) is 0 Å². The van der Waals surface area contributed by atoms with E-state index in [1.165, 1.54) is 12.1 Å². The summed E-state index contributed by atoms with van der Waals surface area (Å²) in [7, 11) is 0. The summed E-state index contributed by atoms with van der Waals surface area (Å²) in [5.41, 5.74) is 0.595. The van der Waals surface area contributed by atoms with E-state index in [2.05, 4.69) is 15.9 Å². The standard InChI is InChI=1S/C11H10BrIO4/c1-5(12)9(14)6-2-7(4-8(13)3-6)10(15)11(16)17/h2-5,10,15H,1H3,(H,16,17). The number of hydrogen-bond donors (Lipinski definition) is 2. The minimum absolute atomic E-state index is 0.151. The summed E-state index contributed by atoms with van der Waals surface area (Å²) >= 11 is 5.13. The highest BCUT2D eigenvalue weighted by molar-refractivity contribution is 14.1. The lowest BCUT2D eigenvalue weighted by molar-refractivity contribution is -0.146. The predicted molar refractivity (Wildman–Crippen MR) is 74.5 cm³/mol. The molecule has 1 rings (SSSR count). The Bertz CT molecular complexity index is 459. The molecule has 2 unspecified atom stereocenters. The van der Waals surface area contributed by atoms with Crippen molar-refractivity contribution in [2.75, 3.05) is 0 Å². The third-order valence-corrected chi connectivity index (χ3v) is 3.15. The monoisotopic (exact) mass is 412 g/mol. The highest BCUT2D eigenvalue weighted by Crippen LogP contribution is 2.21. The molecule has 0 spiro atoms. The van der Waals surface area contributed by atoms with Gasteiger partial charge in [0.2, 0.25) is 0 Å². The van der Waals surface area contributed by atoms with Gasteiger partial charge in [0, 0.05) is 9.13 Å². The fraction of sp³-hybridized carbons (Fsp3) is 0.273. The number of ketones is 1. The zero-order valence-electron chi connectivity index (χ0n) is 8.85. The first kappa shape index (κ1) is 14.6. The highest BCUT2D eigenvalue weighted by atomic mass is 127. The third-order valence-electron chi connectivity index (χ3n) is 2.12. The normalized spacial score (nSPS) is 14.1. The Morgan fingerprint density at radius 3 is 2.41 bits per heavy atom. The molecular formula is C11H10BrIO4. The molecule has 2 N–H and O–H groups in total. The van der Waals surface area contributed by atoms with Gasteiger partial charge >= 0.3 is 5.97 Å². The van der Waals surface area contributed by atoms with Crippen molar-refractivity contribution in [1.29, 1.82) is 0 Å². The molecule has 0 heterocycles. The number of hydrogen-bond acceptors (Lipinski definition) is 3. The third kappa shape index (κ3) is 3.75. The Balaban J connectivity index is 3.19. The van der Waals surface area contributed by atoms with Crippen LogP contribution in [-0.4, -0.2) is 26.8 Å². The van der Waals surface area contributed by atoms with E-state index in [1.807, 2.05) is 22.6 Å². The van der Waals surface area contributed by atoms with Crippen LogP contribution in [0.3, 0.4) is 0 Å². The average molecular weight is 413 g/mol. The highest BCUT2D eigenvalue weighted by Gasteiger charge is 2.19. The van der Waals surface area contributed by atoms with E-state index in [0.717, 1.165) is 0 Å². The average Bonchev–Trinajstić information content (AvgIpc) is 2.25. The molecule has 0 bridgehead atoms. The second-order valence-corrected chi connectivity index (χ2v) is 6.11. The topological polar surface area (TPSA) is 74.6 Å². The number of carboxylic acids is 1. The largest absolute Gasteiger partial charge is 0.479 e. The first-order valence-corrected chi connectivity index (χ1v) is 6.72. The van der Waals surface area contributed by atoms with Crippen LogP contribution in [0.2, 0.25) is 0 Å². The second-order valence-electron chi connectivity index (χ2n) is 3.49. The van der Waals surface area contributed by atoms with Gasteiger partial charge in [-0.2, -0.15) is 0 Å². The number of halogens is 2. The molecule has 1 aromatic carbocycles. The second kappa shape index (κ2) is 5.92. The summed E-state index contributed by atoms with van der Waals surface area (Å²) in [6, 6.07) is 4.59. The number of Topliss-reactive ketones (excluding diaryl/α,β-unsaturated/α-hetero) is 1. The number of rotatable bonds is 4.